The number of sulfonamides is 1. The van der Waals surface area contributed by atoms with Crippen molar-refractivity contribution in [2.75, 3.05) is 0 Å². The maximum Gasteiger partial charge on any atom is 0.348 e. The third-order valence-corrected chi connectivity index (χ3v) is 4.35. The Bertz CT molecular complexity index is 917. The first kappa shape index (κ1) is 17.0. The molecule has 0 bridgehead atoms. The van der Waals surface area contributed by atoms with Crippen molar-refractivity contribution < 1.29 is 17.9 Å². The Labute approximate surface area is 137 Å². The Hall–Kier alpha value is -2.32. The number of hydrogen-bond donors (Lipinski definition) is 2. The van der Waals surface area contributed by atoms with Crippen LogP contribution in [0.25, 0.3) is 0 Å². The van der Waals surface area contributed by atoms with Crippen molar-refractivity contribution in [1.29, 1.82) is 0 Å². The first-order valence-electron chi connectivity index (χ1n) is 6.36. The van der Waals surface area contributed by atoms with Crippen LogP contribution in [0.2, 0.25) is 5.02 Å². The van der Waals surface area contributed by atoms with Crippen LogP contribution in [0.3, 0.4) is 0 Å². The zero-order valence-electron chi connectivity index (χ0n) is 12.2. The molecule has 2 aromatic rings. The van der Waals surface area contributed by atoms with E-state index in [2.05, 4.69) is 5.10 Å². The first-order valence-corrected chi connectivity index (χ1v) is 8.22. The lowest BCUT2D eigenvalue weighted by Crippen LogP contribution is -2.22. The van der Waals surface area contributed by atoms with Crippen molar-refractivity contribution >= 4 is 27.3 Å². The number of aromatic hydroxyl groups is 1. The van der Waals surface area contributed by atoms with Crippen LogP contribution >= 0.6 is 11.6 Å². The molecule has 0 aliphatic rings. The SMILES string of the molecule is C/C(=N/NS(=O)(=O)c1ccc(Cl)cc1)c1c(O)cc(C)oc1=O. The first-order chi connectivity index (χ1) is 10.7. The van der Waals surface area contributed by atoms with E-state index >= 15 is 0 Å². The highest BCUT2D eigenvalue weighted by molar-refractivity contribution is 7.89. The zero-order chi connectivity index (χ0) is 17.2. The molecule has 0 spiro atoms. The van der Waals surface area contributed by atoms with E-state index in [4.69, 9.17) is 16.0 Å². The number of hydrazone groups is 1. The molecule has 0 radical (unpaired) electrons. The topological polar surface area (TPSA) is 109 Å². The predicted molar refractivity (Wildman–Crippen MR) is 85.4 cm³/mol. The van der Waals surface area contributed by atoms with Crippen LogP contribution in [0.1, 0.15) is 18.2 Å². The van der Waals surface area contributed by atoms with E-state index in [-0.39, 0.29) is 27.7 Å². The van der Waals surface area contributed by atoms with Crippen molar-refractivity contribution in [2.45, 2.75) is 18.7 Å². The molecule has 2 rings (SSSR count). The van der Waals surface area contributed by atoms with Crippen LogP contribution in [0, 0.1) is 6.92 Å². The summed E-state index contributed by atoms with van der Waals surface area (Å²) >= 11 is 5.70. The fraction of sp³-hybridized carbons (Fsp3) is 0.143. The molecule has 9 heteroatoms. The lowest BCUT2D eigenvalue weighted by atomic mass is 10.2. The van der Waals surface area contributed by atoms with E-state index in [0.717, 1.165) is 0 Å². The molecule has 2 N–H and O–H groups in total. The molecule has 0 fully saturated rings. The van der Waals surface area contributed by atoms with Gasteiger partial charge in [0.1, 0.15) is 17.1 Å². The van der Waals surface area contributed by atoms with Crippen molar-refractivity contribution in [3.8, 4) is 5.75 Å². The maximum absolute atomic E-state index is 12.1. The Morgan fingerprint density at radius 1 is 1.30 bits per heavy atom. The summed E-state index contributed by atoms with van der Waals surface area (Å²) in [5.41, 5.74) is -1.06. The quantitative estimate of drug-likeness (QED) is 0.643. The van der Waals surface area contributed by atoms with E-state index in [0.29, 0.717) is 5.02 Å². The molecule has 0 saturated heterocycles. The smallest absolute Gasteiger partial charge is 0.348 e. The molecule has 0 saturated carbocycles. The minimum absolute atomic E-state index is 0.0335. The Morgan fingerprint density at radius 3 is 2.48 bits per heavy atom. The number of nitrogens with zero attached hydrogens (tertiary/aromatic N) is 1. The van der Waals surface area contributed by atoms with Gasteiger partial charge in [0.25, 0.3) is 10.0 Å². The fourth-order valence-corrected chi connectivity index (χ4v) is 2.76. The van der Waals surface area contributed by atoms with Gasteiger partial charge in [0.05, 0.1) is 10.6 Å². The second-order valence-corrected chi connectivity index (χ2v) is 6.75. The summed E-state index contributed by atoms with van der Waals surface area (Å²) in [5, 5.41) is 13.8. The highest BCUT2D eigenvalue weighted by Gasteiger charge is 2.16. The van der Waals surface area contributed by atoms with Gasteiger partial charge in [0, 0.05) is 11.1 Å². The third kappa shape index (κ3) is 3.91. The standard InChI is InChI=1S/C14H13ClN2O5S/c1-8-7-12(18)13(14(19)22-8)9(2)16-17-23(20,21)11-5-3-10(15)4-6-11/h3-7,17-18H,1-2H3/b16-9-. The van der Waals surface area contributed by atoms with Crippen LogP contribution in [-0.2, 0) is 10.0 Å². The maximum atomic E-state index is 12.1. The summed E-state index contributed by atoms with van der Waals surface area (Å²) in [6, 6.07) is 6.71. The number of halogens is 1. The number of hydrogen-bond acceptors (Lipinski definition) is 6. The summed E-state index contributed by atoms with van der Waals surface area (Å²) in [7, 11) is -3.92. The predicted octanol–water partition coefficient (Wildman–Crippen LogP) is 2.01. The number of rotatable bonds is 4. The molecule has 122 valence electrons. The Kier molecular flexibility index (Phi) is 4.76. The average Bonchev–Trinajstić information content (AvgIpc) is 2.44. The van der Waals surface area contributed by atoms with Crippen LogP contribution in [0.15, 0.2) is 49.5 Å². The minimum atomic E-state index is -3.92. The highest BCUT2D eigenvalue weighted by Crippen LogP contribution is 2.16. The number of nitrogens with one attached hydrogen (secondary N) is 1. The molecule has 0 unspecified atom stereocenters. The largest absolute Gasteiger partial charge is 0.507 e. The van der Waals surface area contributed by atoms with Gasteiger partial charge in [-0.1, -0.05) is 11.6 Å². The van der Waals surface area contributed by atoms with Gasteiger partial charge < -0.3 is 9.52 Å². The molecule has 0 amide bonds. The van der Waals surface area contributed by atoms with Crippen LogP contribution < -0.4 is 10.5 Å². The normalized spacial score (nSPS) is 12.2. The second-order valence-electron chi connectivity index (χ2n) is 4.65. The lowest BCUT2D eigenvalue weighted by Gasteiger charge is -2.06. The Morgan fingerprint density at radius 2 is 1.91 bits per heavy atom. The van der Waals surface area contributed by atoms with E-state index in [1.807, 2.05) is 4.83 Å². The summed E-state index contributed by atoms with van der Waals surface area (Å²) in [6.45, 7) is 2.87. The molecule has 7 nitrogen and oxygen atoms in total. The van der Waals surface area contributed by atoms with Gasteiger partial charge in [-0.05, 0) is 38.1 Å². The minimum Gasteiger partial charge on any atom is -0.507 e. The summed E-state index contributed by atoms with van der Waals surface area (Å²) < 4.78 is 29.0. The number of aryl methyl sites for hydroxylation is 1. The molecule has 23 heavy (non-hydrogen) atoms. The van der Waals surface area contributed by atoms with Crippen LogP contribution in [-0.4, -0.2) is 19.2 Å². The van der Waals surface area contributed by atoms with E-state index in [1.165, 1.54) is 44.2 Å². The molecule has 0 atom stereocenters. The van der Waals surface area contributed by atoms with Crippen molar-refractivity contribution in [2.24, 2.45) is 5.10 Å². The zero-order valence-corrected chi connectivity index (χ0v) is 13.8. The highest BCUT2D eigenvalue weighted by atomic mass is 35.5. The van der Waals surface area contributed by atoms with Gasteiger partial charge in [-0.2, -0.15) is 18.4 Å². The molecule has 0 aliphatic heterocycles. The monoisotopic (exact) mass is 356 g/mol. The molecule has 1 heterocycles. The Balaban J connectivity index is 2.33. The van der Waals surface area contributed by atoms with E-state index in [1.54, 1.807) is 0 Å². The average molecular weight is 357 g/mol. The summed E-state index contributed by atoms with van der Waals surface area (Å²) in [5.74, 6) is -0.114. The molecule has 0 aliphatic carbocycles. The molecular formula is C14H13ClN2O5S. The van der Waals surface area contributed by atoms with Gasteiger partial charge in [-0.15, -0.1) is 0 Å². The fourth-order valence-electron chi connectivity index (χ4n) is 1.78. The van der Waals surface area contributed by atoms with Crippen LogP contribution in [0.4, 0.5) is 0 Å². The summed E-state index contributed by atoms with van der Waals surface area (Å²) in [6.07, 6.45) is 0. The van der Waals surface area contributed by atoms with Crippen molar-refractivity contribution in [3.05, 3.63) is 57.1 Å². The van der Waals surface area contributed by atoms with E-state index in [9.17, 15) is 18.3 Å². The lowest BCUT2D eigenvalue weighted by molar-refractivity contribution is 0.432. The second kappa shape index (κ2) is 6.43. The summed E-state index contributed by atoms with van der Waals surface area (Å²) in [4.78, 5) is 13.7. The number of benzene rings is 1. The molecular weight excluding hydrogens is 344 g/mol. The van der Waals surface area contributed by atoms with Gasteiger partial charge in [0.15, 0.2) is 0 Å². The van der Waals surface area contributed by atoms with Gasteiger partial charge >= 0.3 is 5.63 Å². The van der Waals surface area contributed by atoms with Crippen molar-refractivity contribution in [3.63, 3.8) is 0 Å². The molecule has 1 aromatic heterocycles. The van der Waals surface area contributed by atoms with Crippen LogP contribution in [0.5, 0.6) is 5.75 Å². The van der Waals surface area contributed by atoms with Gasteiger partial charge in [-0.25, -0.2) is 4.79 Å². The van der Waals surface area contributed by atoms with Gasteiger partial charge in [0.2, 0.25) is 0 Å². The molecule has 1 aromatic carbocycles. The van der Waals surface area contributed by atoms with E-state index < -0.39 is 15.6 Å². The van der Waals surface area contributed by atoms with Crippen molar-refractivity contribution in [1.82, 2.24) is 4.83 Å². The third-order valence-electron chi connectivity index (χ3n) is 2.87. The van der Waals surface area contributed by atoms with Gasteiger partial charge in [-0.3, -0.25) is 0 Å².